The van der Waals surface area contributed by atoms with Gasteiger partial charge in [-0.15, -0.1) is 12.4 Å². The molecule has 6 nitrogen and oxygen atoms in total. The number of nitrogens with one attached hydrogen (secondary N) is 1. The molecule has 1 aromatic heterocycles. The van der Waals surface area contributed by atoms with Crippen molar-refractivity contribution in [1.29, 1.82) is 0 Å². The number of halogens is 2. The van der Waals surface area contributed by atoms with Crippen molar-refractivity contribution >= 4 is 35.0 Å². The van der Waals surface area contributed by atoms with E-state index in [1.165, 1.54) is 12.3 Å². The second-order valence-corrected chi connectivity index (χ2v) is 7.54. The van der Waals surface area contributed by atoms with Crippen LogP contribution in [0.25, 0.3) is 10.9 Å². The standard InChI is InChI=1S/C20H24FN3O3.ClH/c1-2-22-9-12-5-6-23(10-12)18-8-17-14(7-16(18)21)19(25)15(20(26)27)11-24(17)13-3-4-13;/h7-8,11-13,22H,2-6,9-10H2,1H3,(H,26,27);1H. The molecule has 1 aliphatic heterocycles. The van der Waals surface area contributed by atoms with E-state index < -0.39 is 17.2 Å². The fraction of sp³-hybridized carbons (Fsp3) is 0.500. The number of benzene rings is 1. The lowest BCUT2D eigenvalue weighted by molar-refractivity contribution is 0.0695. The highest BCUT2D eigenvalue weighted by molar-refractivity contribution is 5.93. The highest BCUT2D eigenvalue weighted by Gasteiger charge is 2.29. The smallest absolute Gasteiger partial charge is 0.341 e. The van der Waals surface area contributed by atoms with Crippen LogP contribution in [0.1, 0.15) is 42.6 Å². The van der Waals surface area contributed by atoms with Crippen LogP contribution in [0.15, 0.2) is 23.1 Å². The first kappa shape index (κ1) is 20.6. The Bertz CT molecular complexity index is 958. The third kappa shape index (κ3) is 3.73. The van der Waals surface area contributed by atoms with E-state index in [-0.39, 0.29) is 29.4 Å². The molecule has 0 radical (unpaired) electrons. The second-order valence-electron chi connectivity index (χ2n) is 7.54. The summed E-state index contributed by atoms with van der Waals surface area (Å²) in [6.45, 7) is 5.45. The summed E-state index contributed by atoms with van der Waals surface area (Å²) in [6.07, 6.45) is 4.30. The second kappa shape index (κ2) is 8.09. The molecule has 0 bridgehead atoms. The van der Waals surface area contributed by atoms with Gasteiger partial charge in [-0.3, -0.25) is 4.79 Å². The molecule has 2 aliphatic rings. The number of carboxylic acid groups (broad SMARTS) is 1. The Hall–Kier alpha value is -2.12. The van der Waals surface area contributed by atoms with E-state index in [2.05, 4.69) is 12.2 Å². The number of pyridine rings is 1. The number of carboxylic acids is 1. The number of hydrogen-bond donors (Lipinski definition) is 2. The van der Waals surface area contributed by atoms with E-state index in [1.807, 2.05) is 9.47 Å². The van der Waals surface area contributed by atoms with E-state index >= 15 is 0 Å². The van der Waals surface area contributed by atoms with E-state index in [0.717, 1.165) is 45.4 Å². The van der Waals surface area contributed by atoms with Gasteiger partial charge in [0.2, 0.25) is 5.43 Å². The van der Waals surface area contributed by atoms with Gasteiger partial charge < -0.3 is 19.9 Å². The van der Waals surface area contributed by atoms with Crippen molar-refractivity contribution in [2.75, 3.05) is 31.1 Å². The van der Waals surface area contributed by atoms with Crippen LogP contribution in [-0.4, -0.2) is 41.8 Å². The SMILES string of the molecule is CCNCC1CCN(c2cc3c(cc2F)c(=O)c(C(=O)O)cn3C2CC2)C1.Cl. The molecule has 1 aromatic carbocycles. The average Bonchev–Trinajstić information content (AvgIpc) is 3.38. The monoisotopic (exact) mass is 409 g/mol. The number of aromatic carboxylic acids is 1. The van der Waals surface area contributed by atoms with Gasteiger partial charge in [-0.1, -0.05) is 6.92 Å². The number of aromatic nitrogens is 1. The Morgan fingerprint density at radius 3 is 2.71 bits per heavy atom. The molecule has 2 heterocycles. The van der Waals surface area contributed by atoms with Gasteiger partial charge in [-0.25, -0.2) is 9.18 Å². The Balaban J connectivity index is 0.00000225. The maximum absolute atomic E-state index is 14.9. The van der Waals surface area contributed by atoms with E-state index in [9.17, 15) is 19.1 Å². The molecule has 0 amide bonds. The number of rotatable bonds is 6. The Labute approximate surface area is 168 Å². The number of nitrogens with zero attached hydrogens (tertiary/aromatic N) is 2. The summed E-state index contributed by atoms with van der Waals surface area (Å²) in [6, 6.07) is 3.13. The zero-order valence-electron chi connectivity index (χ0n) is 15.8. The minimum atomic E-state index is -1.27. The van der Waals surface area contributed by atoms with Gasteiger partial charge in [0.15, 0.2) is 0 Å². The van der Waals surface area contributed by atoms with Crippen molar-refractivity contribution < 1.29 is 14.3 Å². The van der Waals surface area contributed by atoms with Gasteiger partial charge >= 0.3 is 5.97 Å². The third-order valence-corrected chi connectivity index (χ3v) is 5.58. The molecule has 152 valence electrons. The first-order valence-electron chi connectivity index (χ1n) is 9.57. The van der Waals surface area contributed by atoms with Crippen LogP contribution in [0.3, 0.4) is 0 Å². The lowest BCUT2D eigenvalue weighted by atomic mass is 10.1. The van der Waals surface area contributed by atoms with Crippen LogP contribution in [0, 0.1) is 11.7 Å². The Morgan fingerprint density at radius 2 is 2.07 bits per heavy atom. The molecule has 2 aromatic rings. The third-order valence-electron chi connectivity index (χ3n) is 5.58. The number of fused-ring (bicyclic) bond motifs is 1. The molecule has 0 spiro atoms. The maximum Gasteiger partial charge on any atom is 0.341 e. The largest absolute Gasteiger partial charge is 0.477 e. The van der Waals surface area contributed by atoms with E-state index in [1.54, 1.807) is 6.07 Å². The van der Waals surface area contributed by atoms with Crippen LogP contribution in [0.2, 0.25) is 0 Å². The Morgan fingerprint density at radius 1 is 1.32 bits per heavy atom. The normalized spacial score (nSPS) is 19.1. The number of carbonyl (C=O) groups is 1. The summed E-state index contributed by atoms with van der Waals surface area (Å²) in [4.78, 5) is 26.0. The molecule has 8 heteroatoms. The van der Waals surface area contributed by atoms with Crippen molar-refractivity contribution in [2.45, 2.75) is 32.2 Å². The van der Waals surface area contributed by atoms with E-state index in [4.69, 9.17) is 0 Å². The first-order chi connectivity index (χ1) is 13.0. The average molecular weight is 410 g/mol. The molecule has 2 N–H and O–H groups in total. The Kier molecular flexibility index (Phi) is 5.95. The van der Waals surface area contributed by atoms with E-state index in [0.29, 0.717) is 17.1 Å². The predicted octanol–water partition coefficient (Wildman–Crippen LogP) is 3.03. The topological polar surface area (TPSA) is 74.6 Å². The van der Waals surface area contributed by atoms with Gasteiger partial charge in [0, 0.05) is 30.7 Å². The maximum atomic E-state index is 14.9. The molecule has 4 rings (SSSR count). The van der Waals surface area contributed by atoms with Gasteiger partial charge in [-0.2, -0.15) is 0 Å². The van der Waals surface area contributed by atoms with Crippen LogP contribution in [0.4, 0.5) is 10.1 Å². The summed E-state index contributed by atoms with van der Waals surface area (Å²) in [5, 5.41) is 12.8. The lowest BCUT2D eigenvalue weighted by Gasteiger charge is -2.21. The van der Waals surface area contributed by atoms with Crippen molar-refractivity contribution in [3.63, 3.8) is 0 Å². The quantitative estimate of drug-likeness (QED) is 0.767. The summed E-state index contributed by atoms with van der Waals surface area (Å²) in [5.41, 5.74) is 0.206. The summed E-state index contributed by atoms with van der Waals surface area (Å²) in [7, 11) is 0. The van der Waals surface area contributed by atoms with Crippen molar-refractivity contribution in [1.82, 2.24) is 9.88 Å². The van der Waals surface area contributed by atoms with Gasteiger partial charge in [0.25, 0.3) is 0 Å². The van der Waals surface area contributed by atoms with Gasteiger partial charge in [0.1, 0.15) is 11.4 Å². The fourth-order valence-corrected chi connectivity index (χ4v) is 3.97. The molecule has 1 saturated heterocycles. The van der Waals surface area contributed by atoms with Gasteiger partial charge in [-0.05, 0) is 50.4 Å². The molecule has 1 aliphatic carbocycles. The minimum absolute atomic E-state index is 0. The molecule has 1 unspecified atom stereocenters. The number of hydrogen-bond acceptors (Lipinski definition) is 4. The molecule has 1 atom stereocenters. The van der Waals surface area contributed by atoms with Crippen LogP contribution in [-0.2, 0) is 0 Å². The fourth-order valence-electron chi connectivity index (χ4n) is 3.97. The molecule has 28 heavy (non-hydrogen) atoms. The predicted molar refractivity (Wildman–Crippen MR) is 110 cm³/mol. The summed E-state index contributed by atoms with van der Waals surface area (Å²) < 4.78 is 16.7. The highest BCUT2D eigenvalue weighted by atomic mass is 35.5. The van der Waals surface area contributed by atoms with Gasteiger partial charge in [0.05, 0.1) is 11.2 Å². The first-order valence-corrected chi connectivity index (χ1v) is 9.57. The van der Waals surface area contributed by atoms with Crippen molar-refractivity contribution in [3.8, 4) is 0 Å². The zero-order chi connectivity index (χ0) is 19.1. The molecular weight excluding hydrogens is 385 g/mol. The molecule has 2 fully saturated rings. The van der Waals surface area contributed by atoms with Crippen LogP contribution in [0.5, 0.6) is 0 Å². The number of anilines is 1. The summed E-state index contributed by atoms with van der Waals surface area (Å²) in [5.74, 6) is -1.26. The molecular formula is C20H25ClFN3O3. The van der Waals surface area contributed by atoms with Crippen LogP contribution >= 0.6 is 12.4 Å². The minimum Gasteiger partial charge on any atom is -0.477 e. The lowest BCUT2D eigenvalue weighted by Crippen LogP contribution is -2.27. The van der Waals surface area contributed by atoms with Crippen LogP contribution < -0.4 is 15.6 Å². The summed E-state index contributed by atoms with van der Waals surface area (Å²) >= 11 is 0. The highest BCUT2D eigenvalue weighted by Crippen LogP contribution is 2.38. The van der Waals surface area contributed by atoms with Crippen molar-refractivity contribution in [2.24, 2.45) is 5.92 Å². The van der Waals surface area contributed by atoms with Crippen molar-refractivity contribution in [3.05, 3.63) is 39.9 Å². The molecule has 1 saturated carbocycles. The zero-order valence-corrected chi connectivity index (χ0v) is 16.6.